The number of carboxylic acids is 1. The number of hydrogen-bond acceptors (Lipinski definition) is 5. The topological polar surface area (TPSA) is 76.7 Å². The van der Waals surface area contributed by atoms with E-state index in [2.05, 4.69) is 4.74 Å². The zero-order chi connectivity index (χ0) is 12.1. The number of hydrogen-bond donors (Lipinski definition) is 1. The first-order valence-corrected chi connectivity index (χ1v) is 5.67. The Kier molecular flexibility index (Phi) is 4.42. The van der Waals surface area contributed by atoms with Crippen LogP contribution in [0.25, 0.3) is 0 Å². The predicted octanol–water partition coefficient (Wildman–Crippen LogP) is 1.69. The molecule has 0 bridgehead atoms. The molecule has 1 aromatic rings. The second kappa shape index (κ2) is 5.60. The van der Waals surface area contributed by atoms with Crippen LogP contribution in [0.1, 0.15) is 21.9 Å². The molecule has 0 saturated carbocycles. The largest absolute Gasteiger partial charge is 0.478 e. The van der Waals surface area contributed by atoms with Crippen LogP contribution in [0.5, 0.6) is 0 Å². The maximum Gasteiger partial charge on any atom is 0.339 e. The number of rotatable bonds is 5. The van der Waals surface area contributed by atoms with Crippen molar-refractivity contribution in [2.24, 2.45) is 0 Å². The minimum atomic E-state index is -1.01. The summed E-state index contributed by atoms with van der Waals surface area (Å²) in [4.78, 5) is 21.5. The third-order valence-corrected chi connectivity index (χ3v) is 2.82. The minimum Gasteiger partial charge on any atom is -0.478 e. The lowest BCUT2D eigenvalue weighted by Crippen LogP contribution is -2.03. The lowest BCUT2D eigenvalue weighted by Gasteiger charge is -1.97. The second-order valence-corrected chi connectivity index (χ2v) is 4.04. The van der Waals surface area contributed by atoms with Crippen molar-refractivity contribution >= 4 is 23.7 Å². The van der Waals surface area contributed by atoms with Crippen LogP contribution in [0.15, 0.2) is 10.5 Å². The molecule has 5 nitrogen and oxygen atoms in total. The van der Waals surface area contributed by atoms with Gasteiger partial charge in [0.25, 0.3) is 0 Å². The van der Waals surface area contributed by atoms with Crippen LogP contribution in [0, 0.1) is 6.92 Å². The summed E-state index contributed by atoms with van der Waals surface area (Å²) in [6.45, 7) is 1.60. The van der Waals surface area contributed by atoms with Gasteiger partial charge in [-0.2, -0.15) is 0 Å². The molecule has 16 heavy (non-hydrogen) atoms. The van der Waals surface area contributed by atoms with Gasteiger partial charge in [0, 0.05) is 0 Å². The van der Waals surface area contributed by atoms with Gasteiger partial charge in [0.05, 0.1) is 18.6 Å². The lowest BCUT2D eigenvalue weighted by atomic mass is 10.2. The molecule has 1 rings (SSSR count). The third kappa shape index (κ3) is 3.30. The van der Waals surface area contributed by atoms with Gasteiger partial charge in [-0.3, -0.25) is 4.79 Å². The summed E-state index contributed by atoms with van der Waals surface area (Å²) in [6.07, 6.45) is 0. The van der Waals surface area contributed by atoms with E-state index in [9.17, 15) is 9.59 Å². The van der Waals surface area contributed by atoms with Crippen molar-refractivity contribution < 1.29 is 23.8 Å². The SMILES string of the molecule is COC(=O)CSCc1cc(C(=O)O)c(C)o1. The smallest absolute Gasteiger partial charge is 0.339 e. The second-order valence-electron chi connectivity index (χ2n) is 3.06. The summed E-state index contributed by atoms with van der Waals surface area (Å²) >= 11 is 1.31. The zero-order valence-electron chi connectivity index (χ0n) is 8.98. The number of carbonyl (C=O) groups excluding carboxylic acids is 1. The monoisotopic (exact) mass is 244 g/mol. The summed E-state index contributed by atoms with van der Waals surface area (Å²) in [5.41, 5.74) is 0.161. The molecule has 0 aliphatic rings. The van der Waals surface area contributed by atoms with Crippen molar-refractivity contribution in [1.29, 1.82) is 0 Å². The van der Waals surface area contributed by atoms with Crippen molar-refractivity contribution in [3.63, 3.8) is 0 Å². The number of methoxy groups -OCH3 is 1. The van der Waals surface area contributed by atoms with Gasteiger partial charge in [-0.15, -0.1) is 11.8 Å². The molecule has 0 saturated heterocycles. The van der Waals surface area contributed by atoms with Gasteiger partial charge in [0.2, 0.25) is 0 Å². The van der Waals surface area contributed by atoms with E-state index in [0.717, 1.165) is 0 Å². The molecule has 0 aliphatic heterocycles. The number of carboxylic acid groups (broad SMARTS) is 1. The van der Waals surface area contributed by atoms with Crippen molar-refractivity contribution in [2.75, 3.05) is 12.9 Å². The number of thioether (sulfide) groups is 1. The lowest BCUT2D eigenvalue weighted by molar-refractivity contribution is -0.137. The quantitative estimate of drug-likeness (QED) is 0.794. The fourth-order valence-corrected chi connectivity index (χ4v) is 1.85. The fraction of sp³-hybridized carbons (Fsp3) is 0.400. The number of aromatic carboxylic acids is 1. The standard InChI is InChI=1S/C10H12O5S/c1-6-8(10(12)13)3-7(15-6)4-16-5-9(11)14-2/h3H,4-5H2,1-2H3,(H,12,13). The van der Waals surface area contributed by atoms with Gasteiger partial charge in [-0.05, 0) is 13.0 Å². The number of ether oxygens (including phenoxy) is 1. The Balaban J connectivity index is 2.52. The van der Waals surface area contributed by atoms with Crippen LogP contribution in [0.2, 0.25) is 0 Å². The predicted molar refractivity (Wildman–Crippen MR) is 58.6 cm³/mol. The van der Waals surface area contributed by atoms with Gasteiger partial charge >= 0.3 is 11.9 Å². The first kappa shape index (κ1) is 12.6. The number of carbonyl (C=O) groups is 2. The summed E-state index contributed by atoms with van der Waals surface area (Å²) in [6, 6.07) is 1.47. The normalized spacial score (nSPS) is 10.1. The zero-order valence-corrected chi connectivity index (χ0v) is 9.80. The van der Waals surface area contributed by atoms with E-state index in [1.54, 1.807) is 6.92 Å². The van der Waals surface area contributed by atoms with E-state index in [1.807, 2.05) is 0 Å². The molecule has 0 atom stereocenters. The number of esters is 1. The molecule has 1 aromatic heterocycles. The Morgan fingerprint density at radius 1 is 1.56 bits per heavy atom. The molecule has 0 spiro atoms. The van der Waals surface area contributed by atoms with Gasteiger partial charge < -0.3 is 14.3 Å². The minimum absolute atomic E-state index is 0.161. The third-order valence-electron chi connectivity index (χ3n) is 1.89. The van der Waals surface area contributed by atoms with Gasteiger partial charge in [-0.1, -0.05) is 0 Å². The molecule has 0 aromatic carbocycles. The molecule has 1 heterocycles. The Hall–Kier alpha value is -1.43. The fourth-order valence-electron chi connectivity index (χ4n) is 1.12. The molecular formula is C10H12O5S. The summed E-state index contributed by atoms with van der Waals surface area (Å²) in [5.74, 6) is 0.268. The summed E-state index contributed by atoms with van der Waals surface area (Å²) < 4.78 is 9.71. The first-order chi connectivity index (χ1) is 7.54. The highest BCUT2D eigenvalue weighted by Crippen LogP contribution is 2.19. The molecule has 0 radical (unpaired) electrons. The maximum absolute atomic E-state index is 10.8. The van der Waals surface area contributed by atoms with Crippen LogP contribution < -0.4 is 0 Å². The van der Waals surface area contributed by atoms with E-state index < -0.39 is 5.97 Å². The van der Waals surface area contributed by atoms with Crippen LogP contribution in [0.3, 0.4) is 0 Å². The Labute approximate surface area is 96.8 Å². The van der Waals surface area contributed by atoms with Gasteiger partial charge in [0.15, 0.2) is 0 Å². The summed E-state index contributed by atoms with van der Waals surface area (Å²) in [7, 11) is 1.32. The van der Waals surface area contributed by atoms with Crippen molar-refractivity contribution in [3.05, 3.63) is 23.2 Å². The van der Waals surface area contributed by atoms with Crippen molar-refractivity contribution in [3.8, 4) is 0 Å². The van der Waals surface area contributed by atoms with E-state index >= 15 is 0 Å². The van der Waals surface area contributed by atoms with E-state index in [1.165, 1.54) is 24.9 Å². The average molecular weight is 244 g/mol. The van der Waals surface area contributed by atoms with Gasteiger partial charge in [-0.25, -0.2) is 4.79 Å². The molecular weight excluding hydrogens is 232 g/mol. The number of furan rings is 1. The Bertz CT molecular complexity index is 396. The summed E-state index contributed by atoms with van der Waals surface area (Å²) in [5, 5.41) is 8.79. The number of aryl methyl sites for hydroxylation is 1. The van der Waals surface area contributed by atoms with Crippen LogP contribution in [0.4, 0.5) is 0 Å². The van der Waals surface area contributed by atoms with Crippen molar-refractivity contribution in [2.45, 2.75) is 12.7 Å². The van der Waals surface area contributed by atoms with Crippen LogP contribution in [-0.2, 0) is 15.3 Å². The molecule has 0 unspecified atom stereocenters. The van der Waals surface area contributed by atoms with E-state index in [0.29, 0.717) is 17.3 Å². The highest BCUT2D eigenvalue weighted by Gasteiger charge is 2.13. The average Bonchev–Trinajstić information content (AvgIpc) is 2.59. The van der Waals surface area contributed by atoms with Crippen molar-refractivity contribution in [1.82, 2.24) is 0 Å². The first-order valence-electron chi connectivity index (χ1n) is 4.51. The molecule has 6 heteroatoms. The molecule has 0 amide bonds. The maximum atomic E-state index is 10.8. The van der Waals surface area contributed by atoms with Crippen LogP contribution >= 0.6 is 11.8 Å². The van der Waals surface area contributed by atoms with Gasteiger partial charge in [0.1, 0.15) is 17.1 Å². The van der Waals surface area contributed by atoms with E-state index in [4.69, 9.17) is 9.52 Å². The molecule has 88 valence electrons. The molecule has 0 aliphatic carbocycles. The molecule has 0 fully saturated rings. The molecule has 1 N–H and O–H groups in total. The van der Waals surface area contributed by atoms with Crippen LogP contribution in [-0.4, -0.2) is 29.9 Å². The van der Waals surface area contributed by atoms with E-state index in [-0.39, 0.29) is 17.3 Å². The highest BCUT2D eigenvalue weighted by molar-refractivity contribution is 7.99. The Morgan fingerprint density at radius 2 is 2.25 bits per heavy atom. The Morgan fingerprint density at radius 3 is 2.75 bits per heavy atom. The highest BCUT2D eigenvalue weighted by atomic mass is 32.2.